The Kier molecular flexibility index (Phi) is 5.01. The first-order valence-electron chi connectivity index (χ1n) is 9.36. The first-order chi connectivity index (χ1) is 14.0. The van der Waals surface area contributed by atoms with Crippen LogP contribution >= 0.6 is 0 Å². The number of nitrogens with one attached hydrogen (secondary N) is 3. The summed E-state index contributed by atoms with van der Waals surface area (Å²) in [7, 11) is 0. The van der Waals surface area contributed by atoms with E-state index in [-0.39, 0.29) is 23.5 Å². The molecule has 6 nitrogen and oxygen atoms in total. The van der Waals surface area contributed by atoms with Gasteiger partial charge in [0, 0.05) is 23.6 Å². The summed E-state index contributed by atoms with van der Waals surface area (Å²) in [6.45, 7) is 1.54. The van der Waals surface area contributed by atoms with Gasteiger partial charge in [-0.15, -0.1) is 0 Å². The molecule has 1 unspecified atom stereocenters. The van der Waals surface area contributed by atoms with E-state index in [1.807, 2.05) is 54.6 Å². The quantitative estimate of drug-likeness (QED) is 0.360. The Morgan fingerprint density at radius 2 is 2.03 bits per heavy atom. The van der Waals surface area contributed by atoms with E-state index < -0.39 is 0 Å². The Labute approximate surface area is 168 Å². The molecular weight excluding hydrogens is 362 g/mol. The molecule has 3 aromatic rings. The first kappa shape index (κ1) is 18.7. The Morgan fingerprint density at radius 3 is 2.86 bits per heavy atom. The number of amidine groups is 2. The van der Waals surface area contributed by atoms with E-state index in [0.717, 1.165) is 22.0 Å². The van der Waals surface area contributed by atoms with Gasteiger partial charge < -0.3 is 0 Å². The minimum atomic E-state index is -0.218. The molecule has 0 spiro atoms. The maximum atomic E-state index is 11.7. The molecule has 0 fully saturated rings. The van der Waals surface area contributed by atoms with Crippen LogP contribution in [0.4, 0.5) is 0 Å². The molecule has 4 rings (SSSR count). The molecule has 0 radical (unpaired) electrons. The third-order valence-electron chi connectivity index (χ3n) is 4.92. The van der Waals surface area contributed by atoms with E-state index in [1.54, 1.807) is 25.3 Å². The third-order valence-corrected chi connectivity index (χ3v) is 4.92. The number of fused-ring (bicyclic) bond motifs is 1. The highest BCUT2D eigenvalue weighted by Gasteiger charge is 2.23. The second kappa shape index (κ2) is 7.77. The molecule has 3 N–H and O–H groups in total. The van der Waals surface area contributed by atoms with E-state index in [2.05, 4.69) is 10.4 Å². The van der Waals surface area contributed by atoms with Crippen molar-refractivity contribution >= 4 is 28.4 Å². The smallest absolute Gasteiger partial charge is 0.159 e. The van der Waals surface area contributed by atoms with Crippen molar-refractivity contribution in [2.75, 3.05) is 0 Å². The number of hydrogen-bond donors (Lipinski definition) is 3. The number of hydrogen-bond acceptors (Lipinski definition) is 5. The lowest BCUT2D eigenvalue weighted by atomic mass is 10.0. The molecule has 0 saturated heterocycles. The highest BCUT2D eigenvalue weighted by Crippen LogP contribution is 2.21. The van der Waals surface area contributed by atoms with Crippen molar-refractivity contribution in [1.29, 1.82) is 10.8 Å². The lowest BCUT2D eigenvalue weighted by Crippen LogP contribution is -2.50. The van der Waals surface area contributed by atoms with E-state index in [0.29, 0.717) is 12.0 Å². The second-order valence-electron chi connectivity index (χ2n) is 7.02. The molecule has 1 aliphatic heterocycles. The first-order valence-corrected chi connectivity index (χ1v) is 9.36. The number of hydrazine groups is 1. The molecule has 0 aliphatic carbocycles. The van der Waals surface area contributed by atoms with Crippen LogP contribution in [0.15, 0.2) is 72.9 Å². The molecule has 2 aromatic carbocycles. The van der Waals surface area contributed by atoms with E-state index in [4.69, 9.17) is 10.8 Å². The van der Waals surface area contributed by atoms with Crippen LogP contribution < -0.4 is 5.43 Å². The minimum Gasteiger partial charge on any atom is -0.295 e. The molecule has 2 heterocycles. The van der Waals surface area contributed by atoms with Crippen LogP contribution in [0, 0.1) is 10.8 Å². The van der Waals surface area contributed by atoms with Crippen molar-refractivity contribution in [3.05, 3.63) is 89.6 Å². The largest absolute Gasteiger partial charge is 0.295 e. The lowest BCUT2D eigenvalue weighted by Gasteiger charge is -2.32. The molecule has 1 aliphatic rings. The van der Waals surface area contributed by atoms with Crippen molar-refractivity contribution in [1.82, 2.24) is 15.4 Å². The standard InChI is InChI=1S/C23H21N5O/c1-15(29)17-4-2-5-19(14-17)21-9-10-22(24)28(27-21)23(25)13-16-7-8-20-18(12-16)6-3-11-26-20/h2-12,14,21,24-25,27H,13H2,1H3. The van der Waals surface area contributed by atoms with Gasteiger partial charge in [0.2, 0.25) is 0 Å². The molecule has 144 valence electrons. The monoisotopic (exact) mass is 383 g/mol. The third kappa shape index (κ3) is 3.97. The number of pyridine rings is 1. The van der Waals surface area contributed by atoms with Gasteiger partial charge in [-0.2, -0.15) is 0 Å². The summed E-state index contributed by atoms with van der Waals surface area (Å²) in [6, 6.07) is 17.0. The Hall–Kier alpha value is -3.64. The number of ketones is 1. The van der Waals surface area contributed by atoms with Gasteiger partial charge >= 0.3 is 0 Å². The van der Waals surface area contributed by atoms with Crippen molar-refractivity contribution in [2.24, 2.45) is 0 Å². The Morgan fingerprint density at radius 1 is 1.17 bits per heavy atom. The maximum absolute atomic E-state index is 11.7. The van der Waals surface area contributed by atoms with Gasteiger partial charge in [0.25, 0.3) is 0 Å². The van der Waals surface area contributed by atoms with Gasteiger partial charge in [0.1, 0.15) is 11.7 Å². The van der Waals surface area contributed by atoms with Crippen LogP contribution in [-0.4, -0.2) is 27.4 Å². The average molecular weight is 383 g/mol. The van der Waals surface area contributed by atoms with Crippen molar-refractivity contribution in [2.45, 2.75) is 19.4 Å². The summed E-state index contributed by atoms with van der Waals surface area (Å²) in [6.07, 6.45) is 5.69. The average Bonchev–Trinajstić information content (AvgIpc) is 2.74. The van der Waals surface area contributed by atoms with Gasteiger partial charge in [0.05, 0.1) is 11.6 Å². The molecule has 1 atom stereocenters. The second-order valence-corrected chi connectivity index (χ2v) is 7.02. The highest BCUT2D eigenvalue weighted by molar-refractivity contribution is 6.04. The molecular formula is C23H21N5O. The van der Waals surface area contributed by atoms with Gasteiger partial charge in [0.15, 0.2) is 5.78 Å². The van der Waals surface area contributed by atoms with Crippen LogP contribution in [0.5, 0.6) is 0 Å². The maximum Gasteiger partial charge on any atom is 0.159 e. The van der Waals surface area contributed by atoms with Crippen LogP contribution in [0.1, 0.15) is 34.5 Å². The van der Waals surface area contributed by atoms with E-state index in [1.165, 1.54) is 5.01 Å². The van der Waals surface area contributed by atoms with Gasteiger partial charge in [-0.25, -0.2) is 10.4 Å². The zero-order valence-corrected chi connectivity index (χ0v) is 16.0. The number of carbonyl (C=O) groups excluding carboxylic acids is 1. The van der Waals surface area contributed by atoms with E-state index >= 15 is 0 Å². The van der Waals surface area contributed by atoms with E-state index in [9.17, 15) is 4.79 Å². The fourth-order valence-electron chi connectivity index (χ4n) is 3.38. The van der Waals surface area contributed by atoms with Crippen molar-refractivity contribution in [3.8, 4) is 0 Å². The van der Waals surface area contributed by atoms with Crippen LogP contribution in [0.2, 0.25) is 0 Å². The van der Waals surface area contributed by atoms with Gasteiger partial charge in [-0.05, 0) is 48.4 Å². The molecule has 0 saturated carbocycles. The summed E-state index contributed by atoms with van der Waals surface area (Å²) >= 11 is 0. The highest BCUT2D eigenvalue weighted by atomic mass is 16.1. The van der Waals surface area contributed by atoms with Crippen LogP contribution in [-0.2, 0) is 6.42 Å². The molecule has 0 bridgehead atoms. The number of nitrogens with zero attached hydrogens (tertiary/aromatic N) is 2. The summed E-state index contributed by atoms with van der Waals surface area (Å²) in [5, 5.41) is 19.3. The van der Waals surface area contributed by atoms with Gasteiger partial charge in [-0.1, -0.05) is 36.4 Å². The van der Waals surface area contributed by atoms with Crippen LogP contribution in [0.3, 0.4) is 0 Å². The molecule has 0 amide bonds. The topological polar surface area (TPSA) is 92.9 Å². The number of Topliss-reactive ketones (excluding diaryl/α,β-unsaturated/α-hetero) is 1. The minimum absolute atomic E-state index is 0.00905. The van der Waals surface area contributed by atoms with Crippen LogP contribution in [0.25, 0.3) is 10.9 Å². The zero-order chi connectivity index (χ0) is 20.4. The molecule has 1 aromatic heterocycles. The van der Waals surface area contributed by atoms with Gasteiger partial charge in [-0.3, -0.25) is 20.6 Å². The normalized spacial score (nSPS) is 16.2. The molecule has 29 heavy (non-hydrogen) atoms. The number of benzene rings is 2. The fraction of sp³-hybridized carbons (Fsp3) is 0.130. The Balaban J connectivity index is 1.53. The summed E-state index contributed by atoms with van der Waals surface area (Å²) < 4.78 is 0. The SMILES string of the molecule is CC(=O)c1cccc(C2C=CC(=N)N(C(=N)Cc3ccc4ncccc4c3)N2)c1. The fourth-order valence-corrected chi connectivity index (χ4v) is 3.38. The lowest BCUT2D eigenvalue weighted by molar-refractivity contribution is 0.101. The predicted octanol–water partition coefficient (Wildman–Crippen LogP) is 4.05. The number of rotatable bonds is 4. The number of carbonyl (C=O) groups is 1. The summed E-state index contributed by atoms with van der Waals surface area (Å²) in [5.41, 5.74) is 6.67. The summed E-state index contributed by atoms with van der Waals surface area (Å²) in [5.74, 6) is 0.488. The Bertz CT molecular complexity index is 1150. The zero-order valence-electron chi connectivity index (χ0n) is 16.0. The molecule has 6 heteroatoms. The number of aromatic nitrogens is 1. The van der Waals surface area contributed by atoms with Crippen molar-refractivity contribution < 1.29 is 4.79 Å². The summed E-state index contributed by atoms with van der Waals surface area (Å²) in [4.78, 5) is 16.0. The predicted molar refractivity (Wildman–Crippen MR) is 114 cm³/mol. The van der Waals surface area contributed by atoms with Crippen molar-refractivity contribution in [3.63, 3.8) is 0 Å².